The van der Waals surface area contributed by atoms with Crippen molar-refractivity contribution in [1.82, 2.24) is 4.98 Å². The van der Waals surface area contributed by atoms with E-state index in [1.165, 1.54) is 0 Å². The number of rotatable bonds is 8. The second-order valence-corrected chi connectivity index (χ2v) is 6.12. The molecule has 0 atom stereocenters. The fourth-order valence-corrected chi connectivity index (χ4v) is 2.57. The quantitative estimate of drug-likeness (QED) is 0.515. The molecule has 0 amide bonds. The number of nitrogens with zero attached hydrogens (tertiary/aromatic N) is 1. The molecule has 0 spiro atoms. The van der Waals surface area contributed by atoms with E-state index in [-0.39, 0.29) is 0 Å². The van der Waals surface area contributed by atoms with E-state index >= 15 is 0 Å². The molecule has 0 bridgehead atoms. The SMILES string of the molecule is COc1ccc(COc2cc(Cl)nc(OCc3ccc(OC)cc3)c2)cc1. The third-order valence-corrected chi connectivity index (χ3v) is 4.05. The molecule has 0 radical (unpaired) electrons. The summed E-state index contributed by atoms with van der Waals surface area (Å²) in [6.45, 7) is 0.775. The summed E-state index contributed by atoms with van der Waals surface area (Å²) >= 11 is 6.09. The van der Waals surface area contributed by atoms with Gasteiger partial charge in [0.05, 0.1) is 14.2 Å². The Hall–Kier alpha value is -2.92. The molecule has 0 aliphatic rings. The molecule has 3 rings (SSSR count). The number of methoxy groups -OCH3 is 2. The molecule has 0 saturated carbocycles. The smallest absolute Gasteiger partial charge is 0.218 e. The molecule has 27 heavy (non-hydrogen) atoms. The Kier molecular flexibility index (Phi) is 6.39. The van der Waals surface area contributed by atoms with E-state index in [1.54, 1.807) is 26.4 Å². The van der Waals surface area contributed by atoms with Crippen molar-refractivity contribution in [2.24, 2.45) is 0 Å². The van der Waals surface area contributed by atoms with E-state index in [0.717, 1.165) is 22.6 Å². The number of hydrogen-bond acceptors (Lipinski definition) is 5. The van der Waals surface area contributed by atoms with Gasteiger partial charge < -0.3 is 18.9 Å². The molecule has 0 N–H and O–H groups in total. The molecule has 1 aromatic heterocycles. The van der Waals surface area contributed by atoms with Crippen molar-refractivity contribution in [2.75, 3.05) is 14.2 Å². The van der Waals surface area contributed by atoms with E-state index in [1.807, 2.05) is 48.5 Å². The molecule has 6 heteroatoms. The second-order valence-electron chi connectivity index (χ2n) is 5.74. The van der Waals surface area contributed by atoms with Crippen LogP contribution in [0.3, 0.4) is 0 Å². The minimum absolute atomic E-state index is 0.312. The lowest BCUT2D eigenvalue weighted by Crippen LogP contribution is -2.00. The van der Waals surface area contributed by atoms with Crippen LogP contribution in [0, 0.1) is 0 Å². The van der Waals surface area contributed by atoms with Crippen LogP contribution in [0.4, 0.5) is 0 Å². The van der Waals surface area contributed by atoms with Crippen molar-refractivity contribution in [3.05, 3.63) is 76.9 Å². The lowest BCUT2D eigenvalue weighted by atomic mass is 10.2. The van der Waals surface area contributed by atoms with Crippen LogP contribution in [-0.2, 0) is 13.2 Å². The third kappa shape index (κ3) is 5.53. The average molecular weight is 386 g/mol. The number of ether oxygens (including phenoxy) is 4. The van der Waals surface area contributed by atoms with Gasteiger partial charge in [0.1, 0.15) is 35.6 Å². The van der Waals surface area contributed by atoms with Crippen molar-refractivity contribution in [1.29, 1.82) is 0 Å². The zero-order valence-corrected chi connectivity index (χ0v) is 15.9. The maximum absolute atomic E-state index is 6.09. The van der Waals surface area contributed by atoms with Crippen LogP contribution < -0.4 is 18.9 Å². The summed E-state index contributed by atoms with van der Waals surface area (Å²) in [6.07, 6.45) is 0. The summed E-state index contributed by atoms with van der Waals surface area (Å²) in [4.78, 5) is 4.18. The molecule has 1 heterocycles. The summed E-state index contributed by atoms with van der Waals surface area (Å²) < 4.78 is 21.8. The Morgan fingerprint density at radius 1 is 0.704 bits per heavy atom. The van der Waals surface area contributed by atoms with Gasteiger partial charge in [-0.1, -0.05) is 35.9 Å². The molecule has 0 aliphatic heterocycles. The zero-order chi connectivity index (χ0) is 19.1. The van der Waals surface area contributed by atoms with Gasteiger partial charge in [-0.3, -0.25) is 0 Å². The predicted molar refractivity (Wildman–Crippen MR) is 104 cm³/mol. The van der Waals surface area contributed by atoms with Crippen molar-refractivity contribution in [3.8, 4) is 23.1 Å². The summed E-state index contributed by atoms with van der Waals surface area (Å²) in [5, 5.41) is 0.312. The lowest BCUT2D eigenvalue weighted by Gasteiger charge is -2.10. The van der Waals surface area contributed by atoms with Crippen molar-refractivity contribution in [2.45, 2.75) is 13.2 Å². The van der Waals surface area contributed by atoms with Gasteiger partial charge in [0.25, 0.3) is 0 Å². The van der Waals surface area contributed by atoms with Crippen molar-refractivity contribution in [3.63, 3.8) is 0 Å². The van der Waals surface area contributed by atoms with Gasteiger partial charge in [0.2, 0.25) is 5.88 Å². The number of aromatic nitrogens is 1. The first-order chi connectivity index (χ1) is 13.2. The highest BCUT2D eigenvalue weighted by atomic mass is 35.5. The topological polar surface area (TPSA) is 49.8 Å². The Morgan fingerprint density at radius 3 is 1.74 bits per heavy atom. The maximum atomic E-state index is 6.09. The van der Waals surface area contributed by atoms with Gasteiger partial charge in [-0.25, -0.2) is 4.98 Å². The second kappa shape index (κ2) is 9.14. The summed E-state index contributed by atoms with van der Waals surface area (Å²) in [6, 6.07) is 18.7. The summed E-state index contributed by atoms with van der Waals surface area (Å²) in [7, 11) is 3.27. The molecule has 0 unspecified atom stereocenters. The van der Waals surface area contributed by atoms with E-state index in [0.29, 0.717) is 30.0 Å². The molecule has 0 saturated heterocycles. The number of halogens is 1. The largest absolute Gasteiger partial charge is 0.497 e. The number of benzene rings is 2. The van der Waals surface area contributed by atoms with Crippen LogP contribution >= 0.6 is 11.6 Å². The molecule has 2 aromatic carbocycles. The summed E-state index contributed by atoms with van der Waals surface area (Å²) in [5.74, 6) is 2.60. The standard InChI is InChI=1S/C21H20ClNO4/c1-24-17-7-3-15(4-8-17)13-26-19-11-20(22)23-21(12-19)27-14-16-5-9-18(25-2)10-6-16/h3-12H,13-14H2,1-2H3. The van der Waals surface area contributed by atoms with Crippen LogP contribution in [-0.4, -0.2) is 19.2 Å². The Labute approximate surface area is 163 Å². The molecule has 0 aliphatic carbocycles. The van der Waals surface area contributed by atoms with Gasteiger partial charge in [-0.05, 0) is 35.4 Å². The van der Waals surface area contributed by atoms with Crippen LogP contribution in [0.25, 0.3) is 0 Å². The van der Waals surface area contributed by atoms with Gasteiger partial charge >= 0.3 is 0 Å². The van der Waals surface area contributed by atoms with E-state index in [2.05, 4.69) is 4.98 Å². The van der Waals surface area contributed by atoms with Gasteiger partial charge in [0.15, 0.2) is 0 Å². The maximum Gasteiger partial charge on any atom is 0.218 e. The zero-order valence-electron chi connectivity index (χ0n) is 15.1. The number of pyridine rings is 1. The lowest BCUT2D eigenvalue weighted by molar-refractivity contribution is 0.281. The fraction of sp³-hybridized carbons (Fsp3) is 0.190. The van der Waals surface area contributed by atoms with E-state index in [4.69, 9.17) is 30.5 Å². The van der Waals surface area contributed by atoms with Crippen molar-refractivity contribution >= 4 is 11.6 Å². The first-order valence-corrected chi connectivity index (χ1v) is 8.73. The highest BCUT2D eigenvalue weighted by Crippen LogP contribution is 2.24. The summed E-state index contributed by atoms with van der Waals surface area (Å²) in [5.41, 5.74) is 2.02. The normalized spacial score (nSPS) is 10.3. The van der Waals surface area contributed by atoms with E-state index in [9.17, 15) is 0 Å². The first kappa shape index (κ1) is 18.9. The minimum Gasteiger partial charge on any atom is -0.497 e. The van der Waals surface area contributed by atoms with Crippen LogP contribution in [0.1, 0.15) is 11.1 Å². The fourth-order valence-electron chi connectivity index (χ4n) is 2.38. The van der Waals surface area contributed by atoms with Crippen LogP contribution in [0.5, 0.6) is 23.1 Å². The monoisotopic (exact) mass is 385 g/mol. The predicted octanol–water partition coefficient (Wildman–Crippen LogP) is 4.91. The number of hydrogen-bond donors (Lipinski definition) is 0. The minimum atomic E-state index is 0.312. The van der Waals surface area contributed by atoms with Crippen molar-refractivity contribution < 1.29 is 18.9 Å². The van der Waals surface area contributed by atoms with Gasteiger partial charge in [-0.15, -0.1) is 0 Å². The van der Waals surface area contributed by atoms with Crippen LogP contribution in [0.2, 0.25) is 5.15 Å². The Bertz CT molecular complexity index is 797. The Morgan fingerprint density at radius 2 is 1.22 bits per heavy atom. The van der Waals surface area contributed by atoms with Crippen LogP contribution in [0.15, 0.2) is 60.7 Å². The highest BCUT2D eigenvalue weighted by Gasteiger charge is 2.05. The molecular weight excluding hydrogens is 366 g/mol. The van der Waals surface area contributed by atoms with Gasteiger partial charge in [-0.2, -0.15) is 0 Å². The molecule has 5 nitrogen and oxygen atoms in total. The Balaban J connectivity index is 1.60. The molecule has 0 fully saturated rings. The highest BCUT2D eigenvalue weighted by molar-refractivity contribution is 6.29. The van der Waals surface area contributed by atoms with Gasteiger partial charge in [0, 0.05) is 12.1 Å². The third-order valence-electron chi connectivity index (χ3n) is 3.85. The first-order valence-electron chi connectivity index (χ1n) is 8.35. The average Bonchev–Trinajstić information content (AvgIpc) is 2.71. The van der Waals surface area contributed by atoms with E-state index < -0.39 is 0 Å². The molecular formula is C21H20ClNO4. The molecule has 3 aromatic rings. The molecule has 140 valence electrons.